The Hall–Kier alpha value is -0.590. The van der Waals surface area contributed by atoms with Crippen LogP contribution in [0.2, 0.25) is 0 Å². The zero-order valence-corrected chi connectivity index (χ0v) is 14.3. The Morgan fingerprint density at radius 1 is 1.16 bits per heavy atom. The molecule has 0 bridgehead atoms. The van der Waals surface area contributed by atoms with E-state index in [1.54, 1.807) is 0 Å². The summed E-state index contributed by atoms with van der Waals surface area (Å²) in [4.78, 5) is 4.61. The number of halogens is 3. The average molecular weight is 448 g/mol. The summed E-state index contributed by atoms with van der Waals surface area (Å²) in [5.74, 6) is 1.25. The maximum atomic E-state index is 6.03. The van der Waals surface area contributed by atoms with Crippen molar-refractivity contribution in [3.63, 3.8) is 0 Å². The molecule has 0 radical (unpaired) electrons. The van der Waals surface area contributed by atoms with E-state index in [-0.39, 0.29) is 0 Å². The number of alkyl halides is 1. The SMILES string of the molecule is ClCc1nc2cc(I)ccc2n1-c1ccc(Br)cc1. The molecule has 0 atom stereocenters. The number of aromatic nitrogens is 2. The standard InChI is InChI=1S/C14H9BrClIN2/c15-9-1-4-11(5-2-9)19-13-6-3-10(17)7-12(13)18-14(19)8-16/h1-7H,8H2. The molecule has 0 saturated heterocycles. The smallest absolute Gasteiger partial charge is 0.129 e. The quantitative estimate of drug-likeness (QED) is 0.393. The fourth-order valence-corrected chi connectivity index (χ4v) is 2.99. The van der Waals surface area contributed by atoms with E-state index < -0.39 is 0 Å². The third-order valence-electron chi connectivity index (χ3n) is 2.89. The molecule has 2 aromatic carbocycles. The molecule has 5 heteroatoms. The highest BCUT2D eigenvalue weighted by Gasteiger charge is 2.11. The van der Waals surface area contributed by atoms with Gasteiger partial charge in [-0.05, 0) is 65.1 Å². The molecule has 0 spiro atoms. The Kier molecular flexibility index (Phi) is 3.82. The monoisotopic (exact) mass is 446 g/mol. The van der Waals surface area contributed by atoms with Gasteiger partial charge in [-0.3, -0.25) is 4.57 Å². The Morgan fingerprint density at radius 3 is 2.58 bits per heavy atom. The topological polar surface area (TPSA) is 17.8 Å². The second kappa shape index (κ2) is 5.42. The lowest BCUT2D eigenvalue weighted by Crippen LogP contribution is -1.98. The summed E-state index contributed by atoms with van der Waals surface area (Å²) in [6.45, 7) is 0. The summed E-state index contributed by atoms with van der Waals surface area (Å²) in [5, 5.41) is 0. The highest BCUT2D eigenvalue weighted by atomic mass is 127. The van der Waals surface area contributed by atoms with Crippen molar-refractivity contribution in [1.82, 2.24) is 9.55 Å². The number of nitrogens with zero attached hydrogens (tertiary/aromatic N) is 2. The summed E-state index contributed by atoms with van der Waals surface area (Å²) in [5.41, 5.74) is 3.13. The van der Waals surface area contributed by atoms with Crippen LogP contribution in [-0.4, -0.2) is 9.55 Å². The molecule has 2 nitrogen and oxygen atoms in total. The first-order chi connectivity index (χ1) is 9.19. The van der Waals surface area contributed by atoms with Crippen LogP contribution in [0.25, 0.3) is 16.7 Å². The summed E-state index contributed by atoms with van der Waals surface area (Å²) < 4.78 is 4.33. The van der Waals surface area contributed by atoms with Crippen LogP contribution < -0.4 is 0 Å². The normalized spacial score (nSPS) is 11.1. The van der Waals surface area contributed by atoms with Crippen LogP contribution in [0.5, 0.6) is 0 Å². The maximum absolute atomic E-state index is 6.03. The number of rotatable bonds is 2. The molecular formula is C14H9BrClIN2. The van der Waals surface area contributed by atoms with Gasteiger partial charge in [0, 0.05) is 13.7 Å². The Morgan fingerprint density at radius 2 is 1.89 bits per heavy atom. The van der Waals surface area contributed by atoms with E-state index in [1.165, 1.54) is 3.57 Å². The van der Waals surface area contributed by atoms with Crippen LogP contribution >= 0.6 is 50.1 Å². The number of hydrogen-bond donors (Lipinski definition) is 0. The van der Waals surface area contributed by atoms with Crippen molar-refractivity contribution in [2.24, 2.45) is 0 Å². The van der Waals surface area contributed by atoms with Crippen LogP contribution in [0, 0.1) is 3.57 Å². The Bertz CT molecular complexity index is 737. The zero-order chi connectivity index (χ0) is 13.4. The van der Waals surface area contributed by atoms with E-state index in [2.05, 4.69) is 78.4 Å². The van der Waals surface area contributed by atoms with Gasteiger partial charge in [0.25, 0.3) is 0 Å². The van der Waals surface area contributed by atoms with Gasteiger partial charge in [0.05, 0.1) is 16.9 Å². The van der Waals surface area contributed by atoms with Crippen LogP contribution in [0.4, 0.5) is 0 Å². The fourth-order valence-electron chi connectivity index (χ4n) is 2.07. The van der Waals surface area contributed by atoms with Crippen molar-refractivity contribution >= 4 is 61.2 Å². The molecule has 19 heavy (non-hydrogen) atoms. The van der Waals surface area contributed by atoms with Gasteiger partial charge in [-0.1, -0.05) is 15.9 Å². The second-order valence-corrected chi connectivity index (χ2v) is 6.54. The van der Waals surface area contributed by atoms with Gasteiger partial charge < -0.3 is 0 Å². The minimum atomic E-state index is 0.390. The lowest BCUT2D eigenvalue weighted by Gasteiger charge is -2.07. The van der Waals surface area contributed by atoms with Crippen molar-refractivity contribution < 1.29 is 0 Å². The van der Waals surface area contributed by atoms with Crippen LogP contribution in [-0.2, 0) is 5.88 Å². The second-order valence-electron chi connectivity index (χ2n) is 4.11. The van der Waals surface area contributed by atoms with Gasteiger partial charge in [-0.15, -0.1) is 11.6 Å². The number of imidazole rings is 1. The third kappa shape index (κ3) is 2.53. The van der Waals surface area contributed by atoms with Crippen LogP contribution in [0.3, 0.4) is 0 Å². The Balaban J connectivity index is 2.29. The zero-order valence-electron chi connectivity index (χ0n) is 9.78. The van der Waals surface area contributed by atoms with Gasteiger partial charge in [-0.2, -0.15) is 0 Å². The minimum Gasteiger partial charge on any atom is -0.295 e. The molecule has 0 unspecified atom stereocenters. The maximum Gasteiger partial charge on any atom is 0.129 e. The van der Waals surface area contributed by atoms with Crippen molar-refractivity contribution in [2.75, 3.05) is 0 Å². The molecule has 0 N–H and O–H groups in total. The molecule has 0 fully saturated rings. The highest BCUT2D eigenvalue weighted by Crippen LogP contribution is 2.25. The van der Waals surface area contributed by atoms with Crippen LogP contribution in [0.1, 0.15) is 5.82 Å². The van der Waals surface area contributed by atoms with E-state index in [4.69, 9.17) is 11.6 Å². The van der Waals surface area contributed by atoms with Gasteiger partial charge in [0.15, 0.2) is 0 Å². The number of benzene rings is 2. The number of fused-ring (bicyclic) bond motifs is 1. The molecule has 1 heterocycles. The molecule has 96 valence electrons. The fraction of sp³-hybridized carbons (Fsp3) is 0.0714. The largest absolute Gasteiger partial charge is 0.295 e. The lowest BCUT2D eigenvalue weighted by atomic mass is 10.3. The van der Waals surface area contributed by atoms with E-state index in [1.807, 2.05) is 12.1 Å². The first-order valence-corrected chi connectivity index (χ1v) is 8.08. The Labute approximate surface area is 138 Å². The molecule has 0 amide bonds. The first-order valence-electron chi connectivity index (χ1n) is 5.68. The molecular weight excluding hydrogens is 438 g/mol. The molecule has 0 saturated carbocycles. The lowest BCUT2D eigenvalue weighted by molar-refractivity contribution is 0.981. The van der Waals surface area contributed by atoms with Gasteiger partial charge in [0.1, 0.15) is 5.82 Å². The van der Waals surface area contributed by atoms with Gasteiger partial charge in [0.2, 0.25) is 0 Å². The summed E-state index contributed by atoms with van der Waals surface area (Å²) >= 11 is 11.8. The minimum absolute atomic E-state index is 0.390. The third-order valence-corrected chi connectivity index (χ3v) is 4.33. The van der Waals surface area contributed by atoms with E-state index in [9.17, 15) is 0 Å². The molecule has 3 aromatic rings. The molecule has 3 rings (SSSR count). The van der Waals surface area contributed by atoms with Crippen molar-refractivity contribution in [2.45, 2.75) is 5.88 Å². The molecule has 1 aromatic heterocycles. The van der Waals surface area contributed by atoms with Gasteiger partial charge in [-0.25, -0.2) is 4.98 Å². The number of hydrogen-bond acceptors (Lipinski definition) is 1. The van der Waals surface area contributed by atoms with E-state index in [0.29, 0.717) is 5.88 Å². The average Bonchev–Trinajstić information content (AvgIpc) is 2.77. The van der Waals surface area contributed by atoms with Crippen LogP contribution in [0.15, 0.2) is 46.9 Å². The predicted molar refractivity (Wildman–Crippen MR) is 91.0 cm³/mol. The summed E-state index contributed by atoms with van der Waals surface area (Å²) in [6.07, 6.45) is 0. The molecule has 0 aliphatic carbocycles. The summed E-state index contributed by atoms with van der Waals surface area (Å²) in [7, 11) is 0. The van der Waals surface area contributed by atoms with E-state index in [0.717, 1.165) is 27.0 Å². The molecule has 0 aliphatic heterocycles. The van der Waals surface area contributed by atoms with Crippen molar-refractivity contribution in [1.29, 1.82) is 0 Å². The highest BCUT2D eigenvalue weighted by molar-refractivity contribution is 14.1. The van der Waals surface area contributed by atoms with E-state index >= 15 is 0 Å². The van der Waals surface area contributed by atoms with Gasteiger partial charge >= 0.3 is 0 Å². The van der Waals surface area contributed by atoms with Crippen molar-refractivity contribution in [3.8, 4) is 5.69 Å². The molecule has 0 aliphatic rings. The predicted octanol–water partition coefficient (Wildman–Crippen LogP) is 5.13. The van der Waals surface area contributed by atoms with Crippen molar-refractivity contribution in [3.05, 3.63) is 56.3 Å². The summed E-state index contributed by atoms with van der Waals surface area (Å²) in [6, 6.07) is 14.4. The first kappa shape index (κ1) is 13.4.